The number of hydrogen-bond acceptors (Lipinski definition) is 4. The first kappa shape index (κ1) is 16.8. The molecule has 0 aliphatic carbocycles. The van der Waals surface area contributed by atoms with Crippen molar-refractivity contribution in [1.29, 1.82) is 0 Å². The molecule has 0 aliphatic heterocycles. The van der Waals surface area contributed by atoms with E-state index in [-0.39, 0.29) is 12.5 Å². The summed E-state index contributed by atoms with van der Waals surface area (Å²) in [5.74, 6) is 1.15. The number of ether oxygens (including phenoxy) is 2. The summed E-state index contributed by atoms with van der Waals surface area (Å²) in [4.78, 5) is 16.6. The fourth-order valence-electron chi connectivity index (χ4n) is 2.44. The van der Waals surface area contributed by atoms with Gasteiger partial charge in [-0.15, -0.1) is 0 Å². The van der Waals surface area contributed by atoms with E-state index in [0.29, 0.717) is 18.0 Å². The molecule has 1 N–H and O–H groups in total. The Morgan fingerprint density at radius 2 is 1.88 bits per heavy atom. The minimum absolute atomic E-state index is 0.0557. The molecule has 0 bridgehead atoms. The van der Waals surface area contributed by atoms with Gasteiger partial charge in [-0.1, -0.05) is 25.1 Å². The summed E-state index contributed by atoms with van der Waals surface area (Å²) in [5.41, 5.74) is 1.42. The van der Waals surface area contributed by atoms with Crippen LogP contribution in [-0.2, 0) is 4.79 Å². The molecule has 0 saturated heterocycles. The van der Waals surface area contributed by atoms with Gasteiger partial charge in [0, 0.05) is 11.6 Å². The summed E-state index contributed by atoms with van der Waals surface area (Å²) >= 11 is 0. The summed E-state index contributed by atoms with van der Waals surface area (Å²) in [7, 11) is 0. The van der Waals surface area contributed by atoms with E-state index >= 15 is 0 Å². The maximum Gasteiger partial charge on any atom is 0.262 e. The van der Waals surface area contributed by atoms with Crippen molar-refractivity contribution in [3.63, 3.8) is 0 Å². The van der Waals surface area contributed by atoms with Crippen molar-refractivity contribution in [2.75, 3.05) is 18.5 Å². The first-order chi connectivity index (χ1) is 12.3. The number of hydrogen-bond donors (Lipinski definition) is 1. The van der Waals surface area contributed by atoms with Gasteiger partial charge < -0.3 is 14.8 Å². The Labute approximate surface area is 146 Å². The van der Waals surface area contributed by atoms with Crippen LogP contribution in [0.3, 0.4) is 0 Å². The maximum atomic E-state index is 12.2. The molecule has 0 spiro atoms. The second-order valence-electron chi connectivity index (χ2n) is 5.51. The number of amides is 1. The van der Waals surface area contributed by atoms with Crippen LogP contribution in [0.25, 0.3) is 10.9 Å². The molecular formula is C20H20N2O3. The highest BCUT2D eigenvalue weighted by Crippen LogP contribution is 2.30. The maximum absolute atomic E-state index is 12.2. The van der Waals surface area contributed by atoms with Crippen LogP contribution >= 0.6 is 0 Å². The fourth-order valence-corrected chi connectivity index (χ4v) is 2.44. The highest BCUT2D eigenvalue weighted by molar-refractivity contribution is 6.03. The van der Waals surface area contributed by atoms with E-state index in [9.17, 15) is 4.79 Å². The number of fused-ring (bicyclic) bond motifs is 1. The second-order valence-corrected chi connectivity index (χ2v) is 5.51. The van der Waals surface area contributed by atoms with Crippen molar-refractivity contribution < 1.29 is 14.3 Å². The number of nitrogens with one attached hydrogen (secondary N) is 1. The Bertz CT molecular complexity index is 850. The number of rotatable bonds is 7. The number of pyridine rings is 1. The van der Waals surface area contributed by atoms with Crippen LogP contribution < -0.4 is 14.8 Å². The van der Waals surface area contributed by atoms with Crippen molar-refractivity contribution in [3.05, 3.63) is 60.8 Å². The van der Waals surface area contributed by atoms with Crippen LogP contribution in [0, 0.1) is 0 Å². The first-order valence-electron chi connectivity index (χ1n) is 8.26. The van der Waals surface area contributed by atoms with Crippen LogP contribution in [0.5, 0.6) is 11.5 Å². The first-order valence-corrected chi connectivity index (χ1v) is 8.26. The van der Waals surface area contributed by atoms with E-state index < -0.39 is 0 Å². The van der Waals surface area contributed by atoms with Crippen molar-refractivity contribution in [3.8, 4) is 11.5 Å². The van der Waals surface area contributed by atoms with Crippen molar-refractivity contribution in [2.45, 2.75) is 13.3 Å². The average molecular weight is 336 g/mol. The summed E-state index contributed by atoms with van der Waals surface area (Å²) in [5, 5.41) is 3.72. The number of anilines is 1. The Hall–Kier alpha value is -3.08. The van der Waals surface area contributed by atoms with E-state index in [2.05, 4.69) is 17.2 Å². The smallest absolute Gasteiger partial charge is 0.262 e. The zero-order chi connectivity index (χ0) is 17.5. The van der Waals surface area contributed by atoms with Crippen LogP contribution in [0.15, 0.2) is 60.8 Å². The number of para-hydroxylation sites is 1. The van der Waals surface area contributed by atoms with Gasteiger partial charge in [-0.3, -0.25) is 9.78 Å². The van der Waals surface area contributed by atoms with E-state index in [1.165, 1.54) is 0 Å². The predicted molar refractivity (Wildman–Crippen MR) is 98.1 cm³/mol. The molecule has 3 aromatic rings. The highest BCUT2D eigenvalue weighted by atomic mass is 16.5. The second kappa shape index (κ2) is 8.15. The fraction of sp³-hybridized carbons (Fsp3) is 0.200. The summed E-state index contributed by atoms with van der Waals surface area (Å²) in [6.07, 6.45) is 2.63. The molecule has 1 heterocycles. The van der Waals surface area contributed by atoms with Crippen molar-refractivity contribution in [2.24, 2.45) is 0 Å². The minimum Gasteiger partial charge on any atom is -0.491 e. The van der Waals surface area contributed by atoms with E-state index in [4.69, 9.17) is 9.47 Å². The van der Waals surface area contributed by atoms with Crippen LogP contribution in [0.2, 0.25) is 0 Å². The van der Waals surface area contributed by atoms with Crippen molar-refractivity contribution in [1.82, 2.24) is 4.98 Å². The van der Waals surface area contributed by atoms with Gasteiger partial charge in [0.1, 0.15) is 17.0 Å². The molecule has 0 atom stereocenters. The third-order valence-electron chi connectivity index (χ3n) is 3.58. The molecule has 0 radical (unpaired) electrons. The number of aromatic nitrogens is 1. The monoisotopic (exact) mass is 336 g/mol. The predicted octanol–water partition coefficient (Wildman–Crippen LogP) is 4.04. The summed E-state index contributed by atoms with van der Waals surface area (Å²) in [6, 6.07) is 16.7. The minimum atomic E-state index is -0.226. The molecule has 0 aliphatic rings. The lowest BCUT2D eigenvalue weighted by Gasteiger charge is -2.12. The topological polar surface area (TPSA) is 60.5 Å². The van der Waals surface area contributed by atoms with Gasteiger partial charge in [-0.05, 0) is 42.8 Å². The number of benzene rings is 2. The zero-order valence-electron chi connectivity index (χ0n) is 14.1. The van der Waals surface area contributed by atoms with Gasteiger partial charge in [0.25, 0.3) is 5.91 Å². The lowest BCUT2D eigenvalue weighted by molar-refractivity contribution is -0.118. The molecule has 0 fully saturated rings. The zero-order valence-corrected chi connectivity index (χ0v) is 14.1. The van der Waals surface area contributed by atoms with Gasteiger partial charge in [0.2, 0.25) is 0 Å². The van der Waals surface area contributed by atoms with Gasteiger partial charge in [-0.25, -0.2) is 0 Å². The molecule has 128 valence electrons. The van der Waals surface area contributed by atoms with E-state index in [1.54, 1.807) is 6.20 Å². The molecule has 2 aromatic carbocycles. The molecule has 0 saturated carbocycles. The van der Waals surface area contributed by atoms with E-state index in [1.807, 2.05) is 54.6 Å². The van der Waals surface area contributed by atoms with Gasteiger partial charge >= 0.3 is 0 Å². The number of carbonyl (C=O) groups is 1. The molecule has 5 heteroatoms. The van der Waals surface area contributed by atoms with Crippen LogP contribution in [0.4, 0.5) is 5.69 Å². The summed E-state index contributed by atoms with van der Waals surface area (Å²) in [6.45, 7) is 2.62. The summed E-state index contributed by atoms with van der Waals surface area (Å²) < 4.78 is 11.2. The molecule has 5 nitrogen and oxygen atoms in total. The van der Waals surface area contributed by atoms with Crippen molar-refractivity contribution >= 4 is 22.5 Å². The third kappa shape index (κ3) is 4.26. The van der Waals surface area contributed by atoms with Gasteiger partial charge in [0.05, 0.1) is 12.3 Å². The van der Waals surface area contributed by atoms with Crippen LogP contribution in [0.1, 0.15) is 13.3 Å². The SMILES string of the molecule is CCCOc1ccc(NC(=O)COc2ccccc2)c2cccnc12. The molecule has 3 rings (SSSR count). The Balaban J connectivity index is 1.74. The standard InChI is InChI=1S/C20H20N2O3/c1-2-13-24-18-11-10-17(16-9-6-12-21-20(16)18)22-19(23)14-25-15-7-4-3-5-8-15/h3-12H,2,13-14H2,1H3,(H,22,23). The number of nitrogens with zero attached hydrogens (tertiary/aromatic N) is 1. The lowest BCUT2D eigenvalue weighted by atomic mass is 10.1. The highest BCUT2D eigenvalue weighted by Gasteiger charge is 2.11. The molecule has 25 heavy (non-hydrogen) atoms. The molecular weight excluding hydrogens is 316 g/mol. The average Bonchev–Trinajstić information content (AvgIpc) is 2.66. The number of carbonyl (C=O) groups excluding carboxylic acids is 1. The largest absolute Gasteiger partial charge is 0.491 e. The Morgan fingerprint density at radius 1 is 1.04 bits per heavy atom. The molecule has 1 aromatic heterocycles. The quantitative estimate of drug-likeness (QED) is 0.707. The van der Waals surface area contributed by atoms with Gasteiger partial charge in [-0.2, -0.15) is 0 Å². The Kier molecular flexibility index (Phi) is 5.46. The Morgan fingerprint density at radius 3 is 2.68 bits per heavy atom. The van der Waals surface area contributed by atoms with E-state index in [0.717, 1.165) is 23.1 Å². The molecule has 1 amide bonds. The normalized spacial score (nSPS) is 10.4. The van der Waals surface area contributed by atoms with Crippen LogP contribution in [-0.4, -0.2) is 24.1 Å². The van der Waals surface area contributed by atoms with Gasteiger partial charge in [0.15, 0.2) is 6.61 Å². The molecule has 0 unspecified atom stereocenters. The lowest BCUT2D eigenvalue weighted by Crippen LogP contribution is -2.20. The third-order valence-corrected chi connectivity index (χ3v) is 3.58.